The number of rotatable bonds is 1. The number of carbonyl (C=O) groups is 1. The molecule has 1 aromatic rings. The Kier molecular flexibility index (Phi) is 1.60. The van der Waals surface area contributed by atoms with Crippen LogP contribution in [0, 0.1) is 0 Å². The first kappa shape index (κ1) is 7.88. The summed E-state index contributed by atoms with van der Waals surface area (Å²) < 4.78 is 0. The molecule has 2 rings (SSSR count). The molecule has 13 heavy (non-hydrogen) atoms. The van der Waals surface area contributed by atoms with Crippen molar-refractivity contribution in [3.63, 3.8) is 0 Å². The molecule has 66 valence electrons. The van der Waals surface area contributed by atoms with Crippen LogP contribution in [0.3, 0.4) is 0 Å². The van der Waals surface area contributed by atoms with Crippen LogP contribution in [0.25, 0.3) is 0 Å². The number of benzene rings is 1. The fraction of sp³-hybridized carbons (Fsp3) is 0.125. The second-order valence-corrected chi connectivity index (χ2v) is 2.67. The van der Waals surface area contributed by atoms with E-state index >= 15 is 0 Å². The molecular formula is C8H6N2O3. The molecule has 0 bridgehead atoms. The molecule has 5 heteroatoms. The van der Waals surface area contributed by atoms with Crippen LogP contribution >= 0.6 is 0 Å². The maximum atomic E-state index is 10.6. The molecule has 0 spiro atoms. The molecule has 1 aliphatic rings. The lowest BCUT2D eigenvalue weighted by atomic mass is 10.1. The van der Waals surface area contributed by atoms with E-state index in [0.717, 1.165) is 0 Å². The third-order valence-corrected chi connectivity index (χ3v) is 1.83. The van der Waals surface area contributed by atoms with Gasteiger partial charge in [-0.1, -0.05) is 0 Å². The number of fused-ring (bicyclic) bond motifs is 1. The van der Waals surface area contributed by atoms with E-state index in [1.165, 1.54) is 18.2 Å². The highest BCUT2D eigenvalue weighted by atomic mass is 16.4. The smallest absolute Gasteiger partial charge is 0.335 e. The van der Waals surface area contributed by atoms with Gasteiger partial charge in [0.25, 0.3) is 0 Å². The van der Waals surface area contributed by atoms with Crippen molar-refractivity contribution < 1.29 is 15.0 Å². The van der Waals surface area contributed by atoms with Gasteiger partial charge in [-0.15, -0.1) is 0 Å². The summed E-state index contributed by atoms with van der Waals surface area (Å²) in [6.45, 7) is 0. The maximum Gasteiger partial charge on any atom is 0.335 e. The van der Waals surface area contributed by atoms with Crippen molar-refractivity contribution in [2.75, 3.05) is 0 Å². The van der Waals surface area contributed by atoms with Crippen LogP contribution in [0.5, 0.6) is 0 Å². The van der Waals surface area contributed by atoms with E-state index in [2.05, 4.69) is 10.2 Å². The van der Waals surface area contributed by atoms with E-state index in [0.29, 0.717) is 11.3 Å². The average Bonchev–Trinajstić information content (AvgIpc) is 2.47. The number of aliphatic hydroxyl groups is 1. The van der Waals surface area contributed by atoms with Gasteiger partial charge in [0.1, 0.15) is 0 Å². The quantitative estimate of drug-likeness (QED) is 0.683. The lowest BCUT2D eigenvalue weighted by Crippen LogP contribution is -1.98. The minimum absolute atomic E-state index is 0.130. The summed E-state index contributed by atoms with van der Waals surface area (Å²) in [6, 6.07) is 4.33. The number of carboxylic acid groups (broad SMARTS) is 1. The standard InChI is InChI=1S/C8H6N2O3/c11-7-5-3-4(8(12)13)1-2-6(5)9-10-7/h1-3,7,11H,(H,12,13). The molecule has 0 fully saturated rings. The zero-order valence-electron chi connectivity index (χ0n) is 6.51. The molecule has 1 atom stereocenters. The van der Waals surface area contributed by atoms with Gasteiger partial charge in [-0.25, -0.2) is 4.79 Å². The predicted octanol–water partition coefficient (Wildman–Crippen LogP) is 1.47. The van der Waals surface area contributed by atoms with Crippen LogP contribution in [0.15, 0.2) is 28.4 Å². The van der Waals surface area contributed by atoms with Crippen molar-refractivity contribution in [2.24, 2.45) is 10.2 Å². The minimum atomic E-state index is -1.03. The van der Waals surface area contributed by atoms with Gasteiger partial charge in [0.05, 0.1) is 11.3 Å². The van der Waals surface area contributed by atoms with E-state index in [-0.39, 0.29) is 5.56 Å². The molecular weight excluding hydrogens is 172 g/mol. The number of aromatic carboxylic acids is 1. The van der Waals surface area contributed by atoms with Crippen molar-refractivity contribution in [2.45, 2.75) is 6.23 Å². The Balaban J connectivity index is 2.51. The number of nitrogens with zero attached hydrogens (tertiary/aromatic N) is 2. The Morgan fingerprint density at radius 3 is 2.92 bits per heavy atom. The van der Waals surface area contributed by atoms with Gasteiger partial charge in [-0.2, -0.15) is 10.2 Å². The predicted molar refractivity (Wildman–Crippen MR) is 42.9 cm³/mol. The summed E-state index contributed by atoms with van der Waals surface area (Å²) >= 11 is 0. The average molecular weight is 178 g/mol. The van der Waals surface area contributed by atoms with E-state index in [1.807, 2.05) is 0 Å². The van der Waals surface area contributed by atoms with Gasteiger partial charge in [0.2, 0.25) is 0 Å². The zero-order valence-corrected chi connectivity index (χ0v) is 6.51. The SMILES string of the molecule is O=C(O)c1ccc2c(c1)C(O)N=N2. The third kappa shape index (κ3) is 1.19. The third-order valence-electron chi connectivity index (χ3n) is 1.83. The number of hydrogen-bond donors (Lipinski definition) is 2. The number of hydrogen-bond acceptors (Lipinski definition) is 4. The zero-order chi connectivity index (χ0) is 9.42. The summed E-state index contributed by atoms with van der Waals surface area (Å²) in [5, 5.41) is 25.0. The van der Waals surface area contributed by atoms with Crippen molar-refractivity contribution in [3.8, 4) is 0 Å². The summed E-state index contributed by atoms with van der Waals surface area (Å²) in [5.41, 5.74) is 1.10. The first-order valence-electron chi connectivity index (χ1n) is 3.64. The molecule has 1 aliphatic heterocycles. The lowest BCUT2D eigenvalue weighted by molar-refractivity contribution is 0.0696. The molecule has 0 radical (unpaired) electrons. The molecule has 5 nitrogen and oxygen atoms in total. The van der Waals surface area contributed by atoms with E-state index < -0.39 is 12.2 Å². The molecule has 1 heterocycles. The highest BCUT2D eigenvalue weighted by Crippen LogP contribution is 2.34. The Morgan fingerprint density at radius 1 is 1.46 bits per heavy atom. The lowest BCUT2D eigenvalue weighted by Gasteiger charge is -2.00. The van der Waals surface area contributed by atoms with Crippen LogP contribution in [0.2, 0.25) is 0 Å². The van der Waals surface area contributed by atoms with Crippen LogP contribution in [0.4, 0.5) is 5.69 Å². The molecule has 2 N–H and O–H groups in total. The Hall–Kier alpha value is -1.75. The summed E-state index contributed by atoms with van der Waals surface area (Å²) in [4.78, 5) is 10.6. The molecule has 0 aliphatic carbocycles. The molecule has 1 aromatic carbocycles. The fourth-order valence-corrected chi connectivity index (χ4v) is 1.16. The summed E-state index contributed by atoms with van der Waals surface area (Å²) in [6.07, 6.45) is -1.02. The van der Waals surface area contributed by atoms with Gasteiger partial charge in [0, 0.05) is 5.56 Å². The number of azo groups is 1. The van der Waals surface area contributed by atoms with Crippen molar-refractivity contribution in [1.29, 1.82) is 0 Å². The highest BCUT2D eigenvalue weighted by Gasteiger charge is 2.19. The Bertz CT molecular complexity index is 400. The van der Waals surface area contributed by atoms with Crippen LogP contribution < -0.4 is 0 Å². The second-order valence-electron chi connectivity index (χ2n) is 2.67. The van der Waals surface area contributed by atoms with Gasteiger partial charge in [0.15, 0.2) is 6.23 Å². The fourth-order valence-electron chi connectivity index (χ4n) is 1.16. The highest BCUT2D eigenvalue weighted by molar-refractivity contribution is 5.88. The van der Waals surface area contributed by atoms with Gasteiger partial charge in [-0.3, -0.25) is 0 Å². The molecule has 1 unspecified atom stereocenters. The second kappa shape index (κ2) is 2.63. The molecule has 0 saturated heterocycles. The van der Waals surface area contributed by atoms with Gasteiger partial charge >= 0.3 is 5.97 Å². The van der Waals surface area contributed by atoms with E-state index in [4.69, 9.17) is 5.11 Å². The Morgan fingerprint density at radius 2 is 2.23 bits per heavy atom. The molecule has 0 saturated carbocycles. The molecule has 0 amide bonds. The summed E-state index contributed by atoms with van der Waals surface area (Å²) in [7, 11) is 0. The van der Waals surface area contributed by atoms with Crippen LogP contribution in [-0.2, 0) is 0 Å². The van der Waals surface area contributed by atoms with Gasteiger partial charge in [-0.05, 0) is 18.2 Å². The summed E-state index contributed by atoms with van der Waals surface area (Å²) in [5.74, 6) is -1.03. The first-order valence-corrected chi connectivity index (χ1v) is 3.64. The van der Waals surface area contributed by atoms with E-state index in [9.17, 15) is 9.90 Å². The monoisotopic (exact) mass is 178 g/mol. The van der Waals surface area contributed by atoms with Crippen molar-refractivity contribution in [1.82, 2.24) is 0 Å². The first-order chi connectivity index (χ1) is 6.18. The van der Waals surface area contributed by atoms with Gasteiger partial charge < -0.3 is 10.2 Å². The normalized spacial score (nSPS) is 18.7. The van der Waals surface area contributed by atoms with Crippen LogP contribution in [0.1, 0.15) is 22.1 Å². The number of aliphatic hydroxyl groups excluding tert-OH is 1. The topological polar surface area (TPSA) is 82.2 Å². The Labute approximate surface area is 73.4 Å². The molecule has 0 aromatic heterocycles. The van der Waals surface area contributed by atoms with Crippen molar-refractivity contribution in [3.05, 3.63) is 29.3 Å². The maximum absolute atomic E-state index is 10.6. The number of carboxylic acids is 1. The minimum Gasteiger partial charge on any atom is -0.478 e. The largest absolute Gasteiger partial charge is 0.478 e. The van der Waals surface area contributed by atoms with Crippen LogP contribution in [-0.4, -0.2) is 16.2 Å². The van der Waals surface area contributed by atoms with Crippen molar-refractivity contribution >= 4 is 11.7 Å². The van der Waals surface area contributed by atoms with E-state index in [1.54, 1.807) is 0 Å².